The topological polar surface area (TPSA) is 70.3 Å². The lowest BCUT2D eigenvalue weighted by molar-refractivity contribution is -0.155. The number of hydrogen-bond acceptors (Lipinski definition) is 7. The van der Waals surface area contributed by atoms with E-state index < -0.39 is 6.29 Å². The van der Waals surface area contributed by atoms with E-state index in [0.29, 0.717) is 31.3 Å². The van der Waals surface area contributed by atoms with E-state index in [1.165, 1.54) is 0 Å². The largest absolute Gasteiger partial charge is 0.345 e. The third-order valence-electron chi connectivity index (χ3n) is 2.30. The number of nitrogens with zero attached hydrogens (tertiary/aromatic N) is 3. The van der Waals surface area contributed by atoms with Gasteiger partial charge in [0.1, 0.15) is 5.01 Å². The lowest BCUT2D eigenvalue weighted by Crippen LogP contribution is -2.09. The van der Waals surface area contributed by atoms with Crippen LogP contribution >= 0.6 is 11.3 Å². The predicted molar refractivity (Wildman–Crippen MR) is 69.9 cm³/mol. The van der Waals surface area contributed by atoms with Gasteiger partial charge in [-0.1, -0.05) is 5.16 Å². The Morgan fingerprint density at radius 1 is 1.26 bits per heavy atom. The zero-order valence-electron chi connectivity index (χ0n) is 11.3. The summed E-state index contributed by atoms with van der Waals surface area (Å²) in [7, 11) is 0. The molecule has 0 aliphatic heterocycles. The summed E-state index contributed by atoms with van der Waals surface area (Å²) in [6, 6.07) is 0. The van der Waals surface area contributed by atoms with Gasteiger partial charge in [-0.15, -0.1) is 11.3 Å². The first-order valence-electron chi connectivity index (χ1n) is 6.19. The minimum atomic E-state index is -0.589. The van der Waals surface area contributed by atoms with E-state index in [9.17, 15) is 0 Å². The molecule has 7 heteroatoms. The van der Waals surface area contributed by atoms with E-state index >= 15 is 0 Å². The molecule has 2 aromatic rings. The molecule has 0 radical (unpaired) electrons. The smallest absolute Gasteiger partial charge is 0.283 e. The molecule has 0 spiro atoms. The van der Waals surface area contributed by atoms with Crippen LogP contribution < -0.4 is 0 Å². The fraction of sp³-hybridized carbons (Fsp3) is 0.583. The van der Waals surface area contributed by atoms with Gasteiger partial charge in [0.05, 0.1) is 6.42 Å². The van der Waals surface area contributed by atoms with Gasteiger partial charge in [-0.25, -0.2) is 4.98 Å². The molecule has 104 valence electrons. The second-order valence-electron chi connectivity index (χ2n) is 3.85. The number of ether oxygens (including phenoxy) is 2. The van der Waals surface area contributed by atoms with Crippen LogP contribution in [0.5, 0.6) is 0 Å². The molecule has 0 aromatic carbocycles. The van der Waals surface area contributed by atoms with Crippen LogP contribution in [-0.2, 0) is 15.9 Å². The third kappa shape index (κ3) is 3.82. The average molecular weight is 283 g/mol. The molecule has 0 N–H and O–H groups in total. The molecule has 6 nitrogen and oxygen atoms in total. The summed E-state index contributed by atoms with van der Waals surface area (Å²) in [5.74, 6) is 0.945. The van der Waals surface area contributed by atoms with Crippen LogP contribution in [0.25, 0.3) is 0 Å². The maximum atomic E-state index is 5.40. The summed E-state index contributed by atoms with van der Waals surface area (Å²) in [6.45, 7) is 6.78. The molecule has 0 aliphatic rings. The van der Waals surface area contributed by atoms with Crippen molar-refractivity contribution in [3.63, 3.8) is 0 Å². The van der Waals surface area contributed by atoms with Crippen molar-refractivity contribution in [2.75, 3.05) is 13.2 Å². The van der Waals surface area contributed by atoms with Crippen molar-refractivity contribution in [1.82, 2.24) is 15.1 Å². The number of aromatic nitrogens is 3. The van der Waals surface area contributed by atoms with Crippen molar-refractivity contribution in [3.8, 4) is 0 Å². The number of thiazole rings is 1. The van der Waals surface area contributed by atoms with E-state index in [1.807, 2.05) is 26.2 Å². The summed E-state index contributed by atoms with van der Waals surface area (Å²) in [5.41, 5.74) is 1.00. The summed E-state index contributed by atoms with van der Waals surface area (Å²) in [4.78, 5) is 8.66. The zero-order valence-corrected chi connectivity index (χ0v) is 12.1. The van der Waals surface area contributed by atoms with E-state index in [0.717, 1.165) is 10.7 Å². The van der Waals surface area contributed by atoms with Crippen LogP contribution in [0.1, 0.15) is 42.6 Å². The first-order chi connectivity index (χ1) is 9.22. The molecule has 0 saturated carbocycles. The van der Waals surface area contributed by atoms with Gasteiger partial charge in [0.25, 0.3) is 5.89 Å². The summed E-state index contributed by atoms with van der Waals surface area (Å²) >= 11 is 1.59. The Morgan fingerprint density at radius 3 is 2.58 bits per heavy atom. The zero-order chi connectivity index (χ0) is 13.7. The number of aryl methyl sites for hydroxylation is 1. The maximum Gasteiger partial charge on any atom is 0.283 e. The molecule has 0 amide bonds. The molecule has 2 heterocycles. The van der Waals surface area contributed by atoms with Crippen molar-refractivity contribution in [2.45, 2.75) is 33.5 Å². The van der Waals surface area contributed by atoms with Crippen molar-refractivity contribution in [3.05, 3.63) is 27.8 Å². The second-order valence-corrected chi connectivity index (χ2v) is 4.79. The molecule has 0 unspecified atom stereocenters. The van der Waals surface area contributed by atoms with Gasteiger partial charge in [-0.05, 0) is 20.8 Å². The van der Waals surface area contributed by atoms with Gasteiger partial charge in [0.15, 0.2) is 5.82 Å². The van der Waals surface area contributed by atoms with Crippen LogP contribution in [0, 0.1) is 6.92 Å². The summed E-state index contributed by atoms with van der Waals surface area (Å²) < 4.78 is 16.0. The van der Waals surface area contributed by atoms with Crippen LogP contribution in [-0.4, -0.2) is 28.3 Å². The maximum absolute atomic E-state index is 5.40. The number of rotatable bonds is 7. The van der Waals surface area contributed by atoms with E-state index in [-0.39, 0.29) is 0 Å². The highest BCUT2D eigenvalue weighted by Crippen LogP contribution is 2.18. The Balaban J connectivity index is 2.04. The minimum absolute atomic E-state index is 0.354. The van der Waals surface area contributed by atoms with Crippen LogP contribution in [0.2, 0.25) is 0 Å². The quantitative estimate of drug-likeness (QED) is 0.727. The average Bonchev–Trinajstić information content (AvgIpc) is 2.99. The summed E-state index contributed by atoms with van der Waals surface area (Å²) in [5, 5.41) is 6.89. The number of hydrogen-bond donors (Lipinski definition) is 0. The fourth-order valence-electron chi connectivity index (χ4n) is 1.55. The van der Waals surface area contributed by atoms with Gasteiger partial charge < -0.3 is 14.0 Å². The van der Waals surface area contributed by atoms with Crippen molar-refractivity contribution in [2.24, 2.45) is 0 Å². The molecule has 2 rings (SSSR count). The molecule has 2 aromatic heterocycles. The SMILES string of the molecule is CCOC(OCC)c1nc(Cc2nc(C)cs2)no1. The highest BCUT2D eigenvalue weighted by molar-refractivity contribution is 7.09. The molecule has 0 fully saturated rings. The Labute approximate surface area is 115 Å². The molecule has 19 heavy (non-hydrogen) atoms. The molecule has 0 saturated heterocycles. The van der Waals surface area contributed by atoms with Gasteiger partial charge in [0.2, 0.25) is 6.29 Å². The first kappa shape index (κ1) is 14.1. The molecule has 0 bridgehead atoms. The van der Waals surface area contributed by atoms with Gasteiger partial charge in [0, 0.05) is 24.3 Å². The van der Waals surface area contributed by atoms with Gasteiger partial charge in [-0.2, -0.15) is 4.98 Å². The highest BCUT2D eigenvalue weighted by Gasteiger charge is 2.20. The molecular weight excluding hydrogens is 266 g/mol. The molecular formula is C12H17N3O3S. The van der Waals surface area contributed by atoms with Crippen molar-refractivity contribution < 1.29 is 14.0 Å². The van der Waals surface area contributed by atoms with Crippen LogP contribution in [0.15, 0.2) is 9.90 Å². The van der Waals surface area contributed by atoms with Crippen molar-refractivity contribution >= 4 is 11.3 Å². The standard InChI is InChI=1S/C12H17N3O3S/c1-4-16-12(17-5-2)11-14-9(15-18-11)6-10-13-8(3)7-19-10/h7,12H,4-6H2,1-3H3. The first-order valence-corrected chi connectivity index (χ1v) is 7.07. The lowest BCUT2D eigenvalue weighted by Gasteiger charge is -2.11. The van der Waals surface area contributed by atoms with Gasteiger partial charge in [-0.3, -0.25) is 0 Å². The fourth-order valence-corrected chi connectivity index (χ4v) is 2.32. The minimum Gasteiger partial charge on any atom is -0.345 e. The lowest BCUT2D eigenvalue weighted by atomic mass is 10.4. The van der Waals surface area contributed by atoms with E-state index in [4.69, 9.17) is 14.0 Å². The summed E-state index contributed by atoms with van der Waals surface area (Å²) in [6.07, 6.45) is -0.0262. The third-order valence-corrected chi connectivity index (χ3v) is 3.26. The van der Waals surface area contributed by atoms with Gasteiger partial charge >= 0.3 is 0 Å². The Kier molecular flexibility index (Phi) is 5.00. The van der Waals surface area contributed by atoms with E-state index in [1.54, 1.807) is 11.3 Å². The van der Waals surface area contributed by atoms with Crippen LogP contribution in [0.4, 0.5) is 0 Å². The Bertz CT molecular complexity index is 506. The van der Waals surface area contributed by atoms with Crippen LogP contribution in [0.3, 0.4) is 0 Å². The normalized spacial score (nSPS) is 11.4. The van der Waals surface area contributed by atoms with E-state index in [2.05, 4.69) is 15.1 Å². The molecule has 0 atom stereocenters. The monoisotopic (exact) mass is 283 g/mol. The van der Waals surface area contributed by atoms with Crippen molar-refractivity contribution in [1.29, 1.82) is 0 Å². The Hall–Kier alpha value is -1.31. The predicted octanol–water partition coefficient (Wildman–Crippen LogP) is 2.50. The Morgan fingerprint density at radius 2 is 2.00 bits per heavy atom. The highest BCUT2D eigenvalue weighted by atomic mass is 32.1. The second kappa shape index (κ2) is 6.74. The molecule has 0 aliphatic carbocycles.